The van der Waals surface area contributed by atoms with Gasteiger partial charge in [0.1, 0.15) is 0 Å². The summed E-state index contributed by atoms with van der Waals surface area (Å²) < 4.78 is 4.64. The van der Waals surface area contributed by atoms with Crippen LogP contribution in [0.2, 0.25) is 0 Å². The van der Waals surface area contributed by atoms with Crippen molar-refractivity contribution in [1.29, 1.82) is 0 Å². The minimum absolute atomic E-state index is 0.116. The molecule has 1 aliphatic rings. The van der Waals surface area contributed by atoms with Crippen molar-refractivity contribution in [3.63, 3.8) is 0 Å². The highest BCUT2D eigenvalue weighted by Crippen LogP contribution is 2.18. The van der Waals surface area contributed by atoms with Gasteiger partial charge in [-0.25, -0.2) is 0 Å². The number of esters is 1. The Morgan fingerprint density at radius 3 is 2.88 bits per heavy atom. The lowest BCUT2D eigenvalue weighted by Gasteiger charge is -2.30. The average molecular weight is 242 g/mol. The summed E-state index contributed by atoms with van der Waals surface area (Å²) in [5, 5.41) is 0. The van der Waals surface area contributed by atoms with E-state index in [0.717, 1.165) is 19.0 Å². The summed E-state index contributed by atoms with van der Waals surface area (Å²) in [4.78, 5) is 15.7. The number of carbonyl (C=O) groups excluding carboxylic acids is 1. The summed E-state index contributed by atoms with van der Waals surface area (Å²) in [6.45, 7) is 4.35. The molecule has 0 radical (unpaired) electrons. The van der Waals surface area contributed by atoms with Crippen molar-refractivity contribution in [2.75, 3.05) is 47.4 Å². The van der Waals surface area contributed by atoms with Gasteiger partial charge in [-0.3, -0.25) is 4.79 Å². The molecule has 0 amide bonds. The first-order chi connectivity index (χ1) is 8.11. The van der Waals surface area contributed by atoms with E-state index in [1.54, 1.807) is 0 Å². The van der Waals surface area contributed by atoms with Crippen molar-refractivity contribution in [3.8, 4) is 0 Å². The fourth-order valence-electron chi connectivity index (χ4n) is 2.41. The maximum Gasteiger partial charge on any atom is 0.306 e. The van der Waals surface area contributed by atoms with E-state index in [0.29, 0.717) is 6.42 Å². The predicted molar refractivity (Wildman–Crippen MR) is 69.0 cm³/mol. The van der Waals surface area contributed by atoms with Gasteiger partial charge >= 0.3 is 5.97 Å². The summed E-state index contributed by atoms with van der Waals surface area (Å²) in [7, 11) is 5.73. The first kappa shape index (κ1) is 14.5. The van der Waals surface area contributed by atoms with Crippen LogP contribution in [0.3, 0.4) is 0 Å². The van der Waals surface area contributed by atoms with Gasteiger partial charge in [-0.05, 0) is 52.4 Å². The van der Waals surface area contributed by atoms with Crippen molar-refractivity contribution in [2.24, 2.45) is 5.92 Å². The van der Waals surface area contributed by atoms with Gasteiger partial charge in [0, 0.05) is 13.1 Å². The Bertz CT molecular complexity index is 233. The number of nitrogens with zero attached hydrogens (tertiary/aromatic N) is 2. The van der Waals surface area contributed by atoms with Crippen LogP contribution >= 0.6 is 0 Å². The topological polar surface area (TPSA) is 32.8 Å². The Labute approximate surface area is 105 Å². The standard InChI is InChI=1S/C13H26N2O2/c1-14(10-7-13(16)17-3)9-6-12-5-4-8-15(2)11-12/h12H,4-11H2,1-3H3. The molecule has 0 aromatic carbocycles. The van der Waals surface area contributed by atoms with Crippen molar-refractivity contribution >= 4 is 5.97 Å². The van der Waals surface area contributed by atoms with E-state index in [-0.39, 0.29) is 5.97 Å². The number of piperidine rings is 1. The van der Waals surface area contributed by atoms with E-state index in [4.69, 9.17) is 0 Å². The monoisotopic (exact) mass is 242 g/mol. The number of ether oxygens (including phenoxy) is 1. The van der Waals surface area contributed by atoms with Gasteiger partial charge in [0.15, 0.2) is 0 Å². The van der Waals surface area contributed by atoms with Crippen LogP contribution in [0.1, 0.15) is 25.7 Å². The smallest absolute Gasteiger partial charge is 0.306 e. The van der Waals surface area contributed by atoms with Gasteiger partial charge in [-0.2, -0.15) is 0 Å². The summed E-state index contributed by atoms with van der Waals surface area (Å²) in [5.74, 6) is 0.712. The van der Waals surface area contributed by atoms with E-state index in [9.17, 15) is 4.79 Å². The van der Waals surface area contributed by atoms with Gasteiger partial charge in [0.2, 0.25) is 0 Å². The highest BCUT2D eigenvalue weighted by atomic mass is 16.5. The fourth-order valence-corrected chi connectivity index (χ4v) is 2.41. The lowest BCUT2D eigenvalue weighted by Crippen LogP contribution is -2.34. The van der Waals surface area contributed by atoms with Crippen molar-refractivity contribution in [2.45, 2.75) is 25.7 Å². The number of rotatable bonds is 6. The first-order valence-electron chi connectivity index (χ1n) is 6.55. The minimum Gasteiger partial charge on any atom is -0.469 e. The zero-order valence-electron chi connectivity index (χ0n) is 11.4. The Morgan fingerprint density at radius 1 is 1.47 bits per heavy atom. The third kappa shape index (κ3) is 6.03. The van der Waals surface area contributed by atoms with Crippen LogP contribution in [0.5, 0.6) is 0 Å². The Balaban J connectivity index is 2.10. The van der Waals surface area contributed by atoms with E-state index in [2.05, 4.69) is 28.6 Å². The number of hydrogen-bond donors (Lipinski definition) is 0. The summed E-state index contributed by atoms with van der Waals surface area (Å²) >= 11 is 0. The zero-order valence-corrected chi connectivity index (χ0v) is 11.4. The van der Waals surface area contributed by atoms with Crippen molar-refractivity contribution < 1.29 is 9.53 Å². The maximum atomic E-state index is 11.0. The largest absolute Gasteiger partial charge is 0.469 e. The molecule has 0 bridgehead atoms. The molecule has 1 heterocycles. The van der Waals surface area contributed by atoms with Crippen LogP contribution in [0, 0.1) is 5.92 Å². The lowest BCUT2D eigenvalue weighted by atomic mass is 9.95. The summed E-state index contributed by atoms with van der Waals surface area (Å²) in [6, 6.07) is 0. The second-order valence-corrected chi connectivity index (χ2v) is 5.19. The molecule has 1 rings (SSSR count). The molecular formula is C13H26N2O2. The highest BCUT2D eigenvalue weighted by Gasteiger charge is 2.17. The van der Waals surface area contributed by atoms with E-state index in [1.165, 1.54) is 39.5 Å². The fraction of sp³-hybridized carbons (Fsp3) is 0.923. The minimum atomic E-state index is -0.116. The van der Waals surface area contributed by atoms with Crippen LogP contribution in [0.15, 0.2) is 0 Å². The van der Waals surface area contributed by atoms with Crippen LogP contribution in [-0.2, 0) is 9.53 Å². The average Bonchev–Trinajstić information content (AvgIpc) is 2.33. The third-order valence-corrected chi connectivity index (χ3v) is 3.57. The van der Waals surface area contributed by atoms with Crippen LogP contribution in [0.4, 0.5) is 0 Å². The SMILES string of the molecule is COC(=O)CCN(C)CCC1CCCN(C)C1. The van der Waals surface area contributed by atoms with Crippen LogP contribution in [0.25, 0.3) is 0 Å². The van der Waals surface area contributed by atoms with Gasteiger partial charge in [0.25, 0.3) is 0 Å². The number of likely N-dealkylation sites (tertiary alicyclic amines) is 1. The normalized spacial score (nSPS) is 21.8. The molecule has 0 aliphatic carbocycles. The van der Waals surface area contributed by atoms with Crippen LogP contribution < -0.4 is 0 Å². The lowest BCUT2D eigenvalue weighted by molar-refractivity contribution is -0.140. The quantitative estimate of drug-likeness (QED) is 0.656. The Hall–Kier alpha value is -0.610. The molecule has 1 unspecified atom stereocenters. The predicted octanol–water partition coefficient (Wildman–Crippen LogP) is 1.21. The molecule has 1 fully saturated rings. The molecule has 0 aromatic heterocycles. The highest BCUT2D eigenvalue weighted by molar-refractivity contribution is 5.69. The number of hydrogen-bond acceptors (Lipinski definition) is 4. The first-order valence-corrected chi connectivity index (χ1v) is 6.55. The van der Waals surface area contributed by atoms with Gasteiger partial charge in [-0.15, -0.1) is 0 Å². The third-order valence-electron chi connectivity index (χ3n) is 3.57. The molecule has 4 heteroatoms. The molecule has 0 spiro atoms. The molecule has 0 N–H and O–H groups in total. The van der Waals surface area contributed by atoms with Gasteiger partial charge in [-0.1, -0.05) is 0 Å². The van der Waals surface area contributed by atoms with Crippen molar-refractivity contribution in [1.82, 2.24) is 9.80 Å². The molecule has 17 heavy (non-hydrogen) atoms. The Kier molecular flexibility index (Phi) is 6.52. The molecular weight excluding hydrogens is 216 g/mol. The molecule has 1 atom stereocenters. The summed E-state index contributed by atoms with van der Waals surface area (Å²) in [6.07, 6.45) is 4.42. The molecule has 1 saturated heterocycles. The zero-order chi connectivity index (χ0) is 12.7. The second-order valence-electron chi connectivity index (χ2n) is 5.19. The number of carbonyl (C=O) groups is 1. The van der Waals surface area contributed by atoms with Crippen LogP contribution in [-0.4, -0.2) is 63.2 Å². The van der Waals surface area contributed by atoms with Crippen molar-refractivity contribution in [3.05, 3.63) is 0 Å². The van der Waals surface area contributed by atoms with Gasteiger partial charge < -0.3 is 14.5 Å². The molecule has 0 aromatic rings. The Morgan fingerprint density at radius 2 is 2.24 bits per heavy atom. The van der Waals surface area contributed by atoms with Gasteiger partial charge in [0.05, 0.1) is 13.5 Å². The maximum absolute atomic E-state index is 11.0. The molecule has 1 aliphatic heterocycles. The van der Waals surface area contributed by atoms with E-state index in [1.807, 2.05) is 0 Å². The molecule has 4 nitrogen and oxygen atoms in total. The van der Waals surface area contributed by atoms with E-state index >= 15 is 0 Å². The summed E-state index contributed by atoms with van der Waals surface area (Å²) in [5.41, 5.74) is 0. The van der Waals surface area contributed by atoms with E-state index < -0.39 is 0 Å². The number of methoxy groups -OCH3 is 1. The second kappa shape index (κ2) is 7.67. The molecule has 0 saturated carbocycles. The molecule has 100 valence electrons.